The van der Waals surface area contributed by atoms with Crippen LogP contribution in [-0.4, -0.2) is 35.0 Å². The third-order valence-corrected chi connectivity index (χ3v) is 4.52. The van der Waals surface area contributed by atoms with E-state index in [1.54, 1.807) is 18.2 Å². The zero-order chi connectivity index (χ0) is 17.1. The Labute approximate surface area is 139 Å². The molecular weight excluding hydrogens is 309 g/mol. The number of carboxylic acids is 1. The molecule has 0 aromatic heterocycles. The average Bonchev–Trinajstić information content (AvgIpc) is 3.03. The fourth-order valence-electron chi connectivity index (χ4n) is 3.21. The first-order valence-corrected chi connectivity index (χ1v) is 7.85. The predicted octanol–water partition coefficient (Wildman–Crippen LogP) is 2.70. The first-order chi connectivity index (χ1) is 11.6. The predicted molar refractivity (Wildman–Crippen MR) is 87.0 cm³/mol. The van der Waals surface area contributed by atoms with Gasteiger partial charge >= 0.3 is 5.97 Å². The molecule has 0 bridgehead atoms. The summed E-state index contributed by atoms with van der Waals surface area (Å²) < 4.78 is 13.7. The van der Waals surface area contributed by atoms with E-state index >= 15 is 0 Å². The van der Waals surface area contributed by atoms with Crippen molar-refractivity contribution in [2.45, 2.75) is 12.3 Å². The van der Waals surface area contributed by atoms with Crippen LogP contribution in [0.5, 0.6) is 0 Å². The number of halogens is 1. The zero-order valence-electron chi connectivity index (χ0n) is 13.1. The number of rotatable bonds is 4. The van der Waals surface area contributed by atoms with Crippen LogP contribution >= 0.6 is 0 Å². The Morgan fingerprint density at radius 2 is 1.71 bits per heavy atom. The molecule has 0 unspecified atom stereocenters. The number of likely N-dealkylation sites (tertiary alicyclic amines) is 1. The second-order valence-electron chi connectivity index (χ2n) is 6.03. The molecule has 0 saturated carbocycles. The molecule has 1 aliphatic heterocycles. The van der Waals surface area contributed by atoms with Crippen LogP contribution in [0.1, 0.15) is 17.0 Å². The lowest BCUT2D eigenvalue weighted by Crippen LogP contribution is -2.31. The Balaban J connectivity index is 1.77. The van der Waals surface area contributed by atoms with Gasteiger partial charge in [0.15, 0.2) is 0 Å². The van der Waals surface area contributed by atoms with E-state index in [1.165, 1.54) is 11.0 Å². The second kappa shape index (κ2) is 6.83. The molecule has 1 heterocycles. The van der Waals surface area contributed by atoms with Gasteiger partial charge in [-0.15, -0.1) is 0 Å². The third kappa shape index (κ3) is 3.30. The molecule has 1 aliphatic rings. The molecular formula is C19H18FNO3. The minimum atomic E-state index is -0.912. The molecule has 1 fully saturated rings. The quantitative estimate of drug-likeness (QED) is 0.939. The molecule has 124 valence electrons. The number of hydrogen-bond donors (Lipinski definition) is 1. The number of hydrogen-bond acceptors (Lipinski definition) is 2. The first kappa shape index (κ1) is 16.2. The highest BCUT2D eigenvalue weighted by Crippen LogP contribution is 2.33. The average molecular weight is 327 g/mol. The van der Waals surface area contributed by atoms with E-state index in [2.05, 4.69) is 0 Å². The molecule has 1 saturated heterocycles. The molecule has 4 nitrogen and oxygen atoms in total. The van der Waals surface area contributed by atoms with E-state index in [4.69, 9.17) is 0 Å². The van der Waals surface area contributed by atoms with E-state index in [-0.39, 0.29) is 24.8 Å². The number of nitrogens with zero attached hydrogens (tertiary/aromatic N) is 1. The van der Waals surface area contributed by atoms with Crippen molar-refractivity contribution < 1.29 is 19.1 Å². The van der Waals surface area contributed by atoms with Gasteiger partial charge in [-0.1, -0.05) is 48.5 Å². The summed E-state index contributed by atoms with van der Waals surface area (Å²) in [4.78, 5) is 25.6. The van der Waals surface area contributed by atoms with Crippen LogP contribution in [0.2, 0.25) is 0 Å². The SMILES string of the molecule is O=C(O)[C@@H]1CN(C(=O)Cc2ccccc2F)C[C@@H]1c1ccccc1. The molecule has 0 radical (unpaired) electrons. The summed E-state index contributed by atoms with van der Waals surface area (Å²) in [5, 5.41) is 9.48. The Hall–Kier alpha value is -2.69. The number of amides is 1. The van der Waals surface area contributed by atoms with Gasteiger partial charge in [0.1, 0.15) is 5.82 Å². The summed E-state index contributed by atoms with van der Waals surface area (Å²) in [6.45, 7) is 0.496. The highest BCUT2D eigenvalue weighted by molar-refractivity contribution is 5.81. The van der Waals surface area contributed by atoms with Crippen LogP contribution in [0.15, 0.2) is 54.6 Å². The summed E-state index contributed by atoms with van der Waals surface area (Å²) in [5.41, 5.74) is 1.24. The van der Waals surface area contributed by atoms with Crippen molar-refractivity contribution in [3.05, 3.63) is 71.5 Å². The fraction of sp³-hybridized carbons (Fsp3) is 0.263. The number of carbonyl (C=O) groups excluding carboxylic acids is 1. The van der Waals surface area contributed by atoms with E-state index in [9.17, 15) is 19.1 Å². The minimum Gasteiger partial charge on any atom is -0.481 e. The van der Waals surface area contributed by atoms with E-state index in [0.717, 1.165) is 5.56 Å². The van der Waals surface area contributed by atoms with Crippen molar-refractivity contribution >= 4 is 11.9 Å². The summed E-state index contributed by atoms with van der Waals surface area (Å²) in [6.07, 6.45) is -0.0550. The Kier molecular flexibility index (Phi) is 4.60. The van der Waals surface area contributed by atoms with Gasteiger partial charge in [0.2, 0.25) is 5.91 Å². The van der Waals surface area contributed by atoms with Gasteiger partial charge < -0.3 is 10.0 Å². The van der Waals surface area contributed by atoms with Crippen LogP contribution in [0.4, 0.5) is 4.39 Å². The fourth-order valence-corrected chi connectivity index (χ4v) is 3.21. The van der Waals surface area contributed by atoms with Gasteiger partial charge in [0.25, 0.3) is 0 Å². The van der Waals surface area contributed by atoms with E-state index < -0.39 is 17.7 Å². The van der Waals surface area contributed by atoms with Crippen molar-refractivity contribution in [3.63, 3.8) is 0 Å². The second-order valence-corrected chi connectivity index (χ2v) is 6.03. The van der Waals surface area contributed by atoms with Gasteiger partial charge in [-0.05, 0) is 17.2 Å². The molecule has 0 spiro atoms. The van der Waals surface area contributed by atoms with E-state index in [1.807, 2.05) is 30.3 Å². The first-order valence-electron chi connectivity index (χ1n) is 7.85. The van der Waals surface area contributed by atoms with Crippen molar-refractivity contribution in [1.29, 1.82) is 0 Å². The Morgan fingerprint density at radius 3 is 2.38 bits per heavy atom. The van der Waals surface area contributed by atoms with Crippen molar-refractivity contribution in [1.82, 2.24) is 4.90 Å². The minimum absolute atomic E-state index is 0.0550. The lowest BCUT2D eigenvalue weighted by molar-refractivity contribution is -0.141. The maximum Gasteiger partial charge on any atom is 0.308 e. The highest BCUT2D eigenvalue weighted by Gasteiger charge is 2.40. The van der Waals surface area contributed by atoms with Gasteiger partial charge in [0.05, 0.1) is 12.3 Å². The monoisotopic (exact) mass is 327 g/mol. The van der Waals surface area contributed by atoms with Crippen LogP contribution in [0, 0.1) is 11.7 Å². The lowest BCUT2D eigenvalue weighted by Gasteiger charge is -2.17. The summed E-state index contributed by atoms with van der Waals surface area (Å²) in [5.74, 6) is -2.46. The van der Waals surface area contributed by atoms with Gasteiger partial charge in [-0.25, -0.2) is 4.39 Å². The molecule has 2 aromatic rings. The van der Waals surface area contributed by atoms with Crippen molar-refractivity contribution in [2.75, 3.05) is 13.1 Å². The molecule has 24 heavy (non-hydrogen) atoms. The Bertz CT molecular complexity index is 747. The molecule has 5 heteroatoms. The number of carboxylic acid groups (broad SMARTS) is 1. The number of carbonyl (C=O) groups is 2. The topological polar surface area (TPSA) is 57.6 Å². The van der Waals surface area contributed by atoms with E-state index in [0.29, 0.717) is 12.1 Å². The standard InChI is InChI=1S/C19H18FNO3/c20-17-9-5-4-8-14(17)10-18(22)21-11-15(16(12-21)19(23)24)13-6-2-1-3-7-13/h1-9,15-16H,10-12H2,(H,23,24)/t15-,16-/m1/s1. The van der Waals surface area contributed by atoms with Crippen LogP contribution in [-0.2, 0) is 16.0 Å². The molecule has 2 atom stereocenters. The van der Waals surface area contributed by atoms with Crippen molar-refractivity contribution in [2.24, 2.45) is 5.92 Å². The molecule has 0 aliphatic carbocycles. The van der Waals surface area contributed by atoms with Crippen LogP contribution < -0.4 is 0 Å². The van der Waals surface area contributed by atoms with Crippen molar-refractivity contribution in [3.8, 4) is 0 Å². The smallest absolute Gasteiger partial charge is 0.308 e. The van der Waals surface area contributed by atoms with Crippen LogP contribution in [0.3, 0.4) is 0 Å². The molecule has 1 N–H and O–H groups in total. The summed E-state index contributed by atoms with van der Waals surface area (Å²) in [7, 11) is 0. The van der Waals surface area contributed by atoms with Gasteiger partial charge in [0, 0.05) is 19.0 Å². The molecule has 1 amide bonds. The number of benzene rings is 2. The zero-order valence-corrected chi connectivity index (χ0v) is 13.1. The van der Waals surface area contributed by atoms with Gasteiger partial charge in [-0.3, -0.25) is 9.59 Å². The maximum absolute atomic E-state index is 13.7. The van der Waals surface area contributed by atoms with Crippen LogP contribution in [0.25, 0.3) is 0 Å². The third-order valence-electron chi connectivity index (χ3n) is 4.52. The summed E-state index contributed by atoms with van der Waals surface area (Å²) in [6, 6.07) is 15.5. The largest absolute Gasteiger partial charge is 0.481 e. The highest BCUT2D eigenvalue weighted by atomic mass is 19.1. The molecule has 2 aromatic carbocycles. The van der Waals surface area contributed by atoms with Gasteiger partial charge in [-0.2, -0.15) is 0 Å². The Morgan fingerprint density at radius 1 is 1.04 bits per heavy atom. The summed E-state index contributed by atoms with van der Waals surface area (Å²) >= 11 is 0. The molecule has 3 rings (SSSR count). The lowest BCUT2D eigenvalue weighted by atomic mass is 9.89. The maximum atomic E-state index is 13.7. The number of aliphatic carboxylic acids is 1. The normalized spacial score (nSPS) is 20.1.